The van der Waals surface area contributed by atoms with Crippen molar-refractivity contribution in [3.63, 3.8) is 0 Å². The first kappa shape index (κ1) is 22.2. The Hall–Kier alpha value is -3.11. The van der Waals surface area contributed by atoms with Gasteiger partial charge in [0.05, 0.1) is 12.2 Å². The average molecular weight is 422 g/mol. The third-order valence-corrected chi connectivity index (χ3v) is 3.34. The fourth-order valence-electron chi connectivity index (χ4n) is 2.18. The number of amides is 1. The molecule has 5 nitrogen and oxygen atoms in total. The van der Waals surface area contributed by atoms with Crippen molar-refractivity contribution in [2.75, 3.05) is 23.8 Å². The van der Waals surface area contributed by atoms with Crippen LogP contribution < -0.4 is 20.1 Å². The van der Waals surface area contributed by atoms with Crippen LogP contribution in [0.1, 0.15) is 5.56 Å². The predicted molar refractivity (Wildman–Crippen MR) is 93.0 cm³/mol. The maximum atomic E-state index is 12.4. The van der Waals surface area contributed by atoms with E-state index in [4.69, 9.17) is 4.74 Å². The van der Waals surface area contributed by atoms with Crippen molar-refractivity contribution >= 4 is 17.3 Å². The number of halogens is 6. The van der Waals surface area contributed by atoms with E-state index < -0.39 is 30.8 Å². The summed E-state index contributed by atoms with van der Waals surface area (Å²) in [6.07, 6.45) is -9.34. The summed E-state index contributed by atoms with van der Waals surface area (Å²) in [5.41, 5.74) is 1.06. The van der Waals surface area contributed by atoms with E-state index >= 15 is 0 Å². The minimum atomic E-state index is -4.82. The smallest absolute Gasteiger partial charge is 0.482 e. The lowest BCUT2D eigenvalue weighted by atomic mass is 10.2. The highest BCUT2D eigenvalue weighted by Gasteiger charge is 2.31. The van der Waals surface area contributed by atoms with Gasteiger partial charge in [-0.15, -0.1) is 13.2 Å². The van der Waals surface area contributed by atoms with E-state index in [1.807, 2.05) is 0 Å². The number of carbonyl (C=O) groups is 1. The summed E-state index contributed by atoms with van der Waals surface area (Å²) < 4.78 is 81.9. The zero-order chi connectivity index (χ0) is 21.7. The van der Waals surface area contributed by atoms with E-state index in [0.717, 1.165) is 12.1 Å². The average Bonchev–Trinajstić information content (AvgIpc) is 2.59. The number of benzene rings is 2. The maximum absolute atomic E-state index is 12.4. The van der Waals surface area contributed by atoms with E-state index in [1.54, 1.807) is 13.0 Å². The second-order valence-electron chi connectivity index (χ2n) is 5.88. The highest BCUT2D eigenvalue weighted by Crippen LogP contribution is 2.28. The number of nitrogens with one attached hydrogen (secondary N) is 2. The van der Waals surface area contributed by atoms with Crippen LogP contribution in [0.5, 0.6) is 11.5 Å². The molecule has 1 amide bonds. The molecule has 0 aromatic heterocycles. The third-order valence-electron chi connectivity index (χ3n) is 3.34. The van der Waals surface area contributed by atoms with Crippen molar-refractivity contribution in [3.8, 4) is 11.5 Å². The number of hydrogen-bond acceptors (Lipinski definition) is 4. The Bertz CT molecular complexity index is 835. The molecule has 0 atom stereocenters. The first-order chi connectivity index (χ1) is 13.4. The summed E-state index contributed by atoms with van der Waals surface area (Å²) in [7, 11) is 0. The minimum absolute atomic E-state index is 0.0659. The van der Waals surface area contributed by atoms with E-state index in [1.165, 1.54) is 24.3 Å². The Morgan fingerprint density at radius 3 is 2.24 bits per heavy atom. The molecular formula is C18H16F6N2O3. The number of aryl methyl sites for hydroxylation is 1. The topological polar surface area (TPSA) is 59.6 Å². The van der Waals surface area contributed by atoms with Crippen LogP contribution in [0.4, 0.5) is 37.7 Å². The molecule has 2 N–H and O–H groups in total. The highest BCUT2D eigenvalue weighted by molar-refractivity contribution is 5.94. The molecule has 0 aliphatic carbocycles. The van der Waals surface area contributed by atoms with Gasteiger partial charge in [0, 0.05) is 5.69 Å². The maximum Gasteiger partial charge on any atom is 0.573 e. The number of hydrogen-bond donors (Lipinski definition) is 2. The summed E-state index contributed by atoms with van der Waals surface area (Å²) in [5, 5.41) is 5.09. The molecule has 2 rings (SSSR count). The molecule has 0 radical (unpaired) electrons. The molecule has 29 heavy (non-hydrogen) atoms. The quantitative estimate of drug-likeness (QED) is 0.625. The fourth-order valence-corrected chi connectivity index (χ4v) is 2.18. The lowest BCUT2D eigenvalue weighted by Gasteiger charge is -2.15. The van der Waals surface area contributed by atoms with Crippen molar-refractivity contribution in [3.05, 3.63) is 48.0 Å². The molecule has 0 spiro atoms. The first-order valence-corrected chi connectivity index (χ1v) is 8.11. The molecule has 0 heterocycles. The second-order valence-corrected chi connectivity index (χ2v) is 5.88. The third kappa shape index (κ3) is 8.20. The SMILES string of the molecule is Cc1ccc(NCC(=O)Nc2ccc(OC(F)(F)F)cc2)c(OCC(F)(F)F)c1. The van der Waals surface area contributed by atoms with Crippen LogP contribution in [-0.2, 0) is 4.79 Å². The Morgan fingerprint density at radius 2 is 1.66 bits per heavy atom. The molecule has 158 valence electrons. The number of rotatable bonds is 7. The standard InChI is InChI=1S/C18H16F6N2O3/c1-11-2-7-14(15(8-11)28-10-17(19,20)21)25-9-16(27)26-12-3-5-13(6-4-12)29-18(22,23)24/h2-8,25H,9-10H2,1H3,(H,26,27). The van der Waals surface area contributed by atoms with Gasteiger partial charge in [-0.3, -0.25) is 4.79 Å². The summed E-state index contributed by atoms with van der Waals surface area (Å²) in [4.78, 5) is 12.0. The van der Waals surface area contributed by atoms with Gasteiger partial charge in [-0.25, -0.2) is 0 Å². The second kappa shape index (κ2) is 8.93. The molecule has 11 heteroatoms. The van der Waals surface area contributed by atoms with Gasteiger partial charge in [0.15, 0.2) is 6.61 Å². The molecule has 0 saturated carbocycles. The summed E-state index contributed by atoms with van der Waals surface area (Å²) in [5.74, 6) is -1.08. The van der Waals surface area contributed by atoms with Crippen LogP contribution in [0.25, 0.3) is 0 Å². The van der Waals surface area contributed by atoms with Crippen molar-refractivity contribution in [2.45, 2.75) is 19.5 Å². The predicted octanol–water partition coefficient (Wildman–Crippen LogP) is 4.89. The minimum Gasteiger partial charge on any atom is -0.482 e. The van der Waals surface area contributed by atoms with Crippen molar-refractivity contribution in [1.82, 2.24) is 0 Å². The van der Waals surface area contributed by atoms with Gasteiger partial charge in [0.25, 0.3) is 0 Å². The van der Waals surface area contributed by atoms with Crippen LogP contribution >= 0.6 is 0 Å². The van der Waals surface area contributed by atoms with E-state index in [9.17, 15) is 31.1 Å². The summed E-state index contributed by atoms with van der Waals surface area (Å²) >= 11 is 0. The van der Waals surface area contributed by atoms with E-state index in [0.29, 0.717) is 5.56 Å². The van der Waals surface area contributed by atoms with Crippen LogP contribution in [0.15, 0.2) is 42.5 Å². The largest absolute Gasteiger partial charge is 0.573 e. The lowest BCUT2D eigenvalue weighted by Crippen LogP contribution is -2.23. The van der Waals surface area contributed by atoms with Gasteiger partial charge >= 0.3 is 12.5 Å². The van der Waals surface area contributed by atoms with E-state index in [-0.39, 0.29) is 23.7 Å². The van der Waals surface area contributed by atoms with E-state index in [2.05, 4.69) is 15.4 Å². The van der Waals surface area contributed by atoms with Gasteiger partial charge in [0.2, 0.25) is 5.91 Å². The lowest BCUT2D eigenvalue weighted by molar-refractivity contribution is -0.274. The molecule has 0 saturated heterocycles. The number of carbonyl (C=O) groups excluding carboxylic acids is 1. The van der Waals surface area contributed by atoms with Gasteiger partial charge in [-0.2, -0.15) is 13.2 Å². The zero-order valence-electron chi connectivity index (χ0n) is 14.9. The highest BCUT2D eigenvalue weighted by atomic mass is 19.4. The molecule has 0 bridgehead atoms. The number of anilines is 2. The summed E-state index contributed by atoms with van der Waals surface area (Å²) in [6.45, 7) is -0.126. The normalized spacial score (nSPS) is 11.7. The van der Waals surface area contributed by atoms with Crippen molar-refractivity contribution in [1.29, 1.82) is 0 Å². The van der Waals surface area contributed by atoms with Gasteiger partial charge in [-0.05, 0) is 48.9 Å². The Labute approximate surface area is 161 Å². The molecule has 0 unspecified atom stereocenters. The Morgan fingerprint density at radius 1 is 1.00 bits per heavy atom. The van der Waals surface area contributed by atoms with Crippen molar-refractivity contribution in [2.24, 2.45) is 0 Å². The molecule has 0 fully saturated rings. The molecular weight excluding hydrogens is 406 g/mol. The van der Waals surface area contributed by atoms with Crippen LogP contribution in [0.3, 0.4) is 0 Å². The van der Waals surface area contributed by atoms with Gasteiger partial charge in [-0.1, -0.05) is 6.07 Å². The molecule has 0 aliphatic heterocycles. The number of alkyl halides is 6. The number of ether oxygens (including phenoxy) is 2. The molecule has 2 aromatic rings. The molecule has 2 aromatic carbocycles. The van der Waals surface area contributed by atoms with Crippen LogP contribution in [-0.4, -0.2) is 31.6 Å². The molecule has 0 aliphatic rings. The zero-order valence-corrected chi connectivity index (χ0v) is 14.9. The first-order valence-electron chi connectivity index (χ1n) is 8.11. The monoisotopic (exact) mass is 422 g/mol. The Balaban J connectivity index is 1.93. The summed E-state index contributed by atoms with van der Waals surface area (Å²) in [6, 6.07) is 8.97. The fraction of sp³-hybridized carbons (Fsp3) is 0.278. The Kier molecular flexibility index (Phi) is 6.83. The van der Waals surface area contributed by atoms with Gasteiger partial charge < -0.3 is 20.1 Å². The van der Waals surface area contributed by atoms with Crippen LogP contribution in [0, 0.1) is 6.92 Å². The van der Waals surface area contributed by atoms with Crippen molar-refractivity contribution < 1.29 is 40.6 Å². The van der Waals surface area contributed by atoms with Crippen LogP contribution in [0.2, 0.25) is 0 Å². The van der Waals surface area contributed by atoms with Gasteiger partial charge in [0.1, 0.15) is 11.5 Å².